The second kappa shape index (κ2) is 65.9. The van der Waals surface area contributed by atoms with Gasteiger partial charge in [-0.05, 0) is 103 Å². The Hall–Kier alpha value is -4.05. The van der Waals surface area contributed by atoms with Gasteiger partial charge in [-0.3, -0.25) is 9.59 Å². The predicted octanol–water partition coefficient (Wildman–Crippen LogP) is 21.8. The number of hydrogen-bond donors (Lipinski definition) is 1. The molecule has 0 aliphatic rings. The summed E-state index contributed by atoms with van der Waals surface area (Å²) in [6.07, 6.45) is 89.2. The Morgan fingerprint density at radius 2 is 0.671 bits per heavy atom. The van der Waals surface area contributed by atoms with Crippen LogP contribution in [0.1, 0.15) is 296 Å². The van der Waals surface area contributed by atoms with Crippen molar-refractivity contribution in [1.29, 1.82) is 0 Å². The molecule has 0 aliphatic heterocycles. The Morgan fingerprint density at radius 3 is 1.01 bits per heavy atom. The Bertz CT molecular complexity index is 1760. The van der Waals surface area contributed by atoms with Gasteiger partial charge in [0.2, 0.25) is 0 Å². The molecule has 0 radical (unpaired) electrons. The van der Waals surface area contributed by atoms with Crippen molar-refractivity contribution in [1.82, 2.24) is 0 Å². The van der Waals surface area contributed by atoms with Gasteiger partial charge >= 0.3 is 17.9 Å². The summed E-state index contributed by atoms with van der Waals surface area (Å²) in [5.41, 5.74) is 0. The SMILES string of the molecule is CC/C=C\C/C=C\C/C=C\C/C=C\C/C=C\C/C=C\C/C=C\C/C=C\CCCCCCC(=O)OC(COC(=O)CCCCCCCCCCCCCCCCCCCCC/C=C\CCCCCCCCCC)COC(OCC[N+](C)(C)C)C(=O)O. The second-order valence-electron chi connectivity index (χ2n) is 24.5. The zero-order valence-electron chi connectivity index (χ0n) is 55.7. The molecule has 0 aliphatic carbocycles. The lowest BCUT2D eigenvalue weighted by Crippen LogP contribution is -2.40. The van der Waals surface area contributed by atoms with Crippen molar-refractivity contribution in [2.75, 3.05) is 47.5 Å². The van der Waals surface area contributed by atoms with Gasteiger partial charge in [0, 0.05) is 12.8 Å². The van der Waals surface area contributed by atoms with Crippen LogP contribution in [0.15, 0.2) is 109 Å². The number of ether oxygens (including phenoxy) is 4. The van der Waals surface area contributed by atoms with E-state index >= 15 is 0 Å². The number of carbonyl (C=O) groups excluding carboxylic acids is 2. The molecule has 0 fully saturated rings. The van der Waals surface area contributed by atoms with E-state index in [2.05, 4.69) is 123 Å². The minimum absolute atomic E-state index is 0.178. The van der Waals surface area contributed by atoms with E-state index in [0.29, 0.717) is 23.9 Å². The number of unbranched alkanes of at least 4 members (excludes halogenated alkanes) is 31. The molecule has 0 amide bonds. The average molecular weight is 1190 g/mol. The second-order valence-corrected chi connectivity index (χ2v) is 24.5. The minimum atomic E-state index is -1.52. The van der Waals surface area contributed by atoms with E-state index in [1.165, 1.54) is 167 Å². The molecule has 0 heterocycles. The van der Waals surface area contributed by atoms with Crippen molar-refractivity contribution in [3.63, 3.8) is 0 Å². The number of carboxylic acids is 1. The van der Waals surface area contributed by atoms with Crippen LogP contribution in [-0.2, 0) is 33.3 Å². The van der Waals surface area contributed by atoms with Crippen molar-refractivity contribution >= 4 is 17.9 Å². The van der Waals surface area contributed by atoms with Gasteiger partial charge in [-0.2, -0.15) is 0 Å². The lowest BCUT2D eigenvalue weighted by molar-refractivity contribution is -0.870. The highest BCUT2D eigenvalue weighted by molar-refractivity contribution is 5.71. The first-order valence-electron chi connectivity index (χ1n) is 35.1. The summed E-state index contributed by atoms with van der Waals surface area (Å²) < 4.78 is 22.9. The predicted molar refractivity (Wildman–Crippen MR) is 364 cm³/mol. The Balaban J connectivity index is 4.18. The third-order valence-electron chi connectivity index (χ3n) is 15.0. The van der Waals surface area contributed by atoms with Crippen molar-refractivity contribution in [2.45, 2.75) is 309 Å². The number of carboxylic acid groups (broad SMARTS) is 1. The van der Waals surface area contributed by atoms with Gasteiger partial charge in [0.25, 0.3) is 6.29 Å². The van der Waals surface area contributed by atoms with E-state index in [9.17, 15) is 19.5 Å². The van der Waals surface area contributed by atoms with Gasteiger partial charge in [-0.25, -0.2) is 4.79 Å². The molecule has 0 rings (SSSR count). The zero-order valence-corrected chi connectivity index (χ0v) is 55.7. The maximum atomic E-state index is 12.9. The topological polar surface area (TPSA) is 108 Å². The molecular formula is C76H132NO8+. The monoisotopic (exact) mass is 1190 g/mol. The molecule has 0 aromatic rings. The van der Waals surface area contributed by atoms with Crippen molar-refractivity contribution < 1.29 is 42.9 Å². The molecule has 0 bridgehead atoms. The first-order valence-corrected chi connectivity index (χ1v) is 35.1. The zero-order chi connectivity index (χ0) is 61.9. The Labute approximate surface area is 524 Å². The number of allylic oxidation sites excluding steroid dienone is 18. The number of quaternary nitrogens is 1. The van der Waals surface area contributed by atoms with Gasteiger partial charge in [0.1, 0.15) is 13.2 Å². The standard InChI is InChI=1S/C76H131NO8/c1-6-8-10-12-14-16-18-20-22-24-26-28-30-32-34-36-37-39-40-42-44-46-48-50-52-54-56-58-60-62-64-66-73(78)83-70-72(71-84-76(75(80)81)82-69-68-77(3,4)5)85-74(79)67-65-63-61-59-57-55-53-51-49-47-45-43-41-38-35-33-31-29-27-25-23-21-19-17-15-13-11-9-7-2/h9,11,15,17,21,23-24,26-27,29,33,35,41,43,47,49,53,55,72,76H,6-8,10,12-14,16,18-20,22,25,28,30-32,34,36-40,42,44-46,48,50-52,54,56-71H2,1-5H3/p+1/b11-9-,17-15-,23-21-,26-24-,29-27-,35-33-,43-41-,49-47-,55-53-. The van der Waals surface area contributed by atoms with Crippen LogP contribution in [0, 0.1) is 0 Å². The van der Waals surface area contributed by atoms with E-state index < -0.39 is 24.3 Å². The summed E-state index contributed by atoms with van der Waals surface area (Å²) in [6.45, 7) is 4.75. The van der Waals surface area contributed by atoms with Crippen molar-refractivity contribution in [2.24, 2.45) is 0 Å². The van der Waals surface area contributed by atoms with E-state index in [0.717, 1.165) is 96.3 Å². The number of aliphatic carboxylic acids is 1. The van der Waals surface area contributed by atoms with Crippen LogP contribution >= 0.6 is 0 Å². The number of likely N-dealkylation sites (N-methyl/N-ethyl adjacent to an activating group) is 1. The lowest BCUT2D eigenvalue weighted by Gasteiger charge is -2.25. The van der Waals surface area contributed by atoms with Crippen LogP contribution in [0.3, 0.4) is 0 Å². The molecule has 0 aromatic heterocycles. The lowest BCUT2D eigenvalue weighted by atomic mass is 10.0. The third-order valence-corrected chi connectivity index (χ3v) is 15.0. The average Bonchev–Trinajstić information content (AvgIpc) is 3.48. The van der Waals surface area contributed by atoms with E-state index in [1.807, 2.05) is 21.1 Å². The van der Waals surface area contributed by atoms with Gasteiger partial charge in [0.15, 0.2) is 6.10 Å². The summed E-state index contributed by atoms with van der Waals surface area (Å²) in [5, 5.41) is 9.74. The first-order chi connectivity index (χ1) is 41.6. The van der Waals surface area contributed by atoms with Crippen LogP contribution in [0.2, 0.25) is 0 Å². The molecular weight excluding hydrogens is 1050 g/mol. The number of carbonyl (C=O) groups is 3. The van der Waals surface area contributed by atoms with Gasteiger partial charge in [-0.15, -0.1) is 0 Å². The van der Waals surface area contributed by atoms with E-state index in [-0.39, 0.29) is 32.2 Å². The van der Waals surface area contributed by atoms with Gasteiger partial charge < -0.3 is 28.5 Å². The number of rotatable bonds is 64. The summed E-state index contributed by atoms with van der Waals surface area (Å²) >= 11 is 0. The van der Waals surface area contributed by atoms with Crippen molar-refractivity contribution in [3.05, 3.63) is 109 Å². The fourth-order valence-electron chi connectivity index (χ4n) is 9.67. The number of hydrogen-bond acceptors (Lipinski definition) is 7. The fourth-order valence-corrected chi connectivity index (χ4v) is 9.67. The third kappa shape index (κ3) is 67.3. The molecule has 0 spiro atoms. The molecule has 9 nitrogen and oxygen atoms in total. The molecule has 2 atom stereocenters. The van der Waals surface area contributed by atoms with Crippen molar-refractivity contribution in [3.8, 4) is 0 Å². The van der Waals surface area contributed by atoms with Crippen LogP contribution in [0.25, 0.3) is 0 Å². The summed E-state index contributed by atoms with van der Waals surface area (Å²) in [7, 11) is 5.96. The highest BCUT2D eigenvalue weighted by atomic mass is 16.7. The molecule has 9 heteroatoms. The molecule has 2 unspecified atom stereocenters. The summed E-state index contributed by atoms with van der Waals surface area (Å²) in [6, 6.07) is 0. The quantitative estimate of drug-likeness (QED) is 0.0211. The largest absolute Gasteiger partial charge is 0.477 e. The summed E-state index contributed by atoms with van der Waals surface area (Å²) in [5.74, 6) is -2.04. The van der Waals surface area contributed by atoms with Crippen LogP contribution in [0.5, 0.6) is 0 Å². The molecule has 488 valence electrons. The van der Waals surface area contributed by atoms with E-state index in [1.54, 1.807) is 0 Å². The minimum Gasteiger partial charge on any atom is -0.477 e. The normalized spacial score (nSPS) is 13.4. The first kappa shape index (κ1) is 81.0. The molecule has 0 saturated carbocycles. The van der Waals surface area contributed by atoms with Crippen LogP contribution in [-0.4, -0.2) is 87.4 Å². The Morgan fingerprint density at radius 1 is 0.365 bits per heavy atom. The van der Waals surface area contributed by atoms with Crippen LogP contribution in [0.4, 0.5) is 0 Å². The maximum absolute atomic E-state index is 12.9. The highest BCUT2D eigenvalue weighted by Crippen LogP contribution is 2.17. The highest BCUT2D eigenvalue weighted by Gasteiger charge is 2.25. The Kier molecular flexibility index (Phi) is 62.8. The number of nitrogens with zero attached hydrogens (tertiary/aromatic N) is 1. The molecule has 85 heavy (non-hydrogen) atoms. The molecule has 0 aromatic carbocycles. The van der Waals surface area contributed by atoms with E-state index in [4.69, 9.17) is 18.9 Å². The molecule has 1 N–H and O–H groups in total. The molecule has 0 saturated heterocycles. The fraction of sp³-hybridized carbons (Fsp3) is 0.724. The number of esters is 2. The van der Waals surface area contributed by atoms with Crippen LogP contribution < -0.4 is 0 Å². The maximum Gasteiger partial charge on any atom is 0.361 e. The van der Waals surface area contributed by atoms with Gasteiger partial charge in [0.05, 0.1) is 34.4 Å². The van der Waals surface area contributed by atoms with Gasteiger partial charge in [-0.1, -0.05) is 290 Å². The summed E-state index contributed by atoms with van der Waals surface area (Å²) in [4.78, 5) is 37.6. The smallest absolute Gasteiger partial charge is 0.361 e.